The number of nitrogens with zero attached hydrogens (tertiary/aromatic N) is 1. The minimum Gasteiger partial charge on any atom is -0.286 e. The fourth-order valence-electron chi connectivity index (χ4n) is 2.02. The predicted molar refractivity (Wildman–Crippen MR) is 82.4 cm³/mol. The Labute approximate surface area is 123 Å². The van der Waals surface area contributed by atoms with Crippen molar-refractivity contribution in [2.75, 3.05) is 0 Å². The van der Waals surface area contributed by atoms with Crippen LogP contribution in [0.3, 0.4) is 0 Å². The Bertz CT molecular complexity index is 881. The van der Waals surface area contributed by atoms with Crippen molar-refractivity contribution in [2.24, 2.45) is 0 Å². The van der Waals surface area contributed by atoms with E-state index >= 15 is 0 Å². The van der Waals surface area contributed by atoms with Crippen LogP contribution < -0.4 is 5.56 Å². The average Bonchev–Trinajstić information content (AvgIpc) is 2.45. The summed E-state index contributed by atoms with van der Waals surface area (Å²) in [4.78, 5) is 12.4. The molecule has 0 bridgehead atoms. The van der Waals surface area contributed by atoms with Gasteiger partial charge in [0.15, 0.2) is 3.95 Å². The highest BCUT2D eigenvalue weighted by Crippen LogP contribution is 2.16. The highest BCUT2D eigenvalue weighted by atomic mass is 32.1. The molecule has 0 amide bonds. The van der Waals surface area contributed by atoms with Crippen LogP contribution in [0.1, 0.15) is 5.56 Å². The largest absolute Gasteiger partial charge is 0.286 e. The molecule has 3 aromatic rings. The van der Waals surface area contributed by atoms with E-state index in [9.17, 15) is 9.18 Å². The first kappa shape index (κ1) is 13.1. The first-order valence-electron chi connectivity index (χ1n) is 6.02. The molecule has 0 unspecified atom stereocenters. The summed E-state index contributed by atoms with van der Waals surface area (Å²) in [7, 11) is 0. The third-order valence-electron chi connectivity index (χ3n) is 3.03. The SMILES string of the molecule is O=c1c2ccccc2sc(=S)n1Cc1ccc(F)cc1. The molecule has 20 heavy (non-hydrogen) atoms. The topological polar surface area (TPSA) is 22.0 Å². The van der Waals surface area contributed by atoms with Crippen molar-refractivity contribution >= 4 is 33.6 Å². The standard InChI is InChI=1S/C15H10FNOS2/c16-11-7-5-10(6-8-11)9-17-14(18)12-3-1-2-4-13(12)20-15(17)19/h1-8H,9H2. The molecule has 1 aromatic heterocycles. The number of hydrogen-bond donors (Lipinski definition) is 0. The summed E-state index contributed by atoms with van der Waals surface area (Å²) in [5.74, 6) is -0.291. The lowest BCUT2D eigenvalue weighted by molar-refractivity contribution is 0.626. The van der Waals surface area contributed by atoms with Gasteiger partial charge in [-0.05, 0) is 42.0 Å². The Morgan fingerprint density at radius 2 is 1.80 bits per heavy atom. The van der Waals surface area contributed by atoms with Gasteiger partial charge in [0.25, 0.3) is 5.56 Å². The zero-order chi connectivity index (χ0) is 14.1. The van der Waals surface area contributed by atoms with E-state index in [0.29, 0.717) is 15.9 Å². The molecular weight excluding hydrogens is 293 g/mol. The predicted octanol–water partition coefficient (Wildman–Crippen LogP) is 3.98. The van der Waals surface area contributed by atoms with E-state index in [2.05, 4.69) is 0 Å². The van der Waals surface area contributed by atoms with Crippen molar-refractivity contribution in [3.8, 4) is 0 Å². The molecule has 0 N–H and O–H groups in total. The van der Waals surface area contributed by atoms with Crippen LogP contribution in [-0.2, 0) is 6.54 Å². The molecule has 0 aliphatic rings. The summed E-state index contributed by atoms with van der Waals surface area (Å²) in [6.45, 7) is 0.360. The van der Waals surface area contributed by atoms with Crippen LogP contribution >= 0.6 is 23.6 Å². The van der Waals surface area contributed by atoms with Crippen LogP contribution in [-0.4, -0.2) is 4.57 Å². The van der Waals surface area contributed by atoms with E-state index in [4.69, 9.17) is 12.2 Å². The molecule has 2 aromatic carbocycles. The Morgan fingerprint density at radius 1 is 1.10 bits per heavy atom. The van der Waals surface area contributed by atoms with Crippen LogP contribution in [0.15, 0.2) is 53.3 Å². The fourth-order valence-corrected chi connectivity index (χ4v) is 3.29. The number of hydrogen-bond acceptors (Lipinski definition) is 3. The lowest BCUT2D eigenvalue weighted by Gasteiger charge is -2.07. The molecule has 0 saturated heterocycles. The summed E-state index contributed by atoms with van der Waals surface area (Å²) in [6.07, 6.45) is 0. The van der Waals surface area contributed by atoms with Gasteiger partial charge < -0.3 is 0 Å². The highest BCUT2D eigenvalue weighted by Gasteiger charge is 2.06. The van der Waals surface area contributed by atoms with Crippen molar-refractivity contribution in [3.63, 3.8) is 0 Å². The summed E-state index contributed by atoms with van der Waals surface area (Å²) < 4.78 is 15.9. The van der Waals surface area contributed by atoms with Gasteiger partial charge in [-0.3, -0.25) is 9.36 Å². The molecular formula is C15H10FNOS2. The van der Waals surface area contributed by atoms with Crippen molar-refractivity contribution in [1.29, 1.82) is 0 Å². The lowest BCUT2D eigenvalue weighted by atomic mass is 10.2. The molecule has 0 atom stereocenters. The summed E-state index contributed by atoms with van der Waals surface area (Å²) >= 11 is 6.71. The Hall–Kier alpha value is -1.85. The van der Waals surface area contributed by atoms with Gasteiger partial charge in [-0.15, -0.1) is 11.3 Å². The second-order valence-corrected chi connectivity index (χ2v) is 6.06. The molecule has 0 spiro atoms. The van der Waals surface area contributed by atoms with Gasteiger partial charge in [-0.2, -0.15) is 0 Å². The minimum absolute atomic E-state index is 0.103. The zero-order valence-electron chi connectivity index (χ0n) is 10.4. The summed E-state index contributed by atoms with van der Waals surface area (Å²) in [6, 6.07) is 13.5. The third kappa shape index (κ3) is 2.42. The average molecular weight is 303 g/mol. The van der Waals surface area contributed by atoms with Gasteiger partial charge >= 0.3 is 0 Å². The van der Waals surface area contributed by atoms with E-state index in [1.54, 1.807) is 22.8 Å². The highest BCUT2D eigenvalue weighted by molar-refractivity contribution is 7.73. The molecule has 3 rings (SSSR count). The van der Waals surface area contributed by atoms with Crippen molar-refractivity contribution in [3.05, 3.63) is 74.2 Å². The molecule has 1 heterocycles. The molecule has 100 valence electrons. The molecule has 5 heteroatoms. The van der Waals surface area contributed by atoms with E-state index in [1.165, 1.54) is 23.5 Å². The van der Waals surface area contributed by atoms with Crippen molar-refractivity contribution in [2.45, 2.75) is 6.54 Å². The maximum Gasteiger partial charge on any atom is 0.261 e. The Kier molecular flexibility index (Phi) is 3.46. The summed E-state index contributed by atoms with van der Waals surface area (Å²) in [5, 5.41) is 0.660. The molecule has 0 saturated carbocycles. The Morgan fingerprint density at radius 3 is 2.55 bits per heavy atom. The second kappa shape index (κ2) is 5.26. The first-order valence-corrected chi connectivity index (χ1v) is 7.25. The van der Waals surface area contributed by atoms with Crippen LogP contribution in [0.2, 0.25) is 0 Å². The van der Waals surface area contributed by atoms with E-state index < -0.39 is 0 Å². The van der Waals surface area contributed by atoms with Gasteiger partial charge in [-0.1, -0.05) is 24.3 Å². The van der Waals surface area contributed by atoms with E-state index in [-0.39, 0.29) is 11.4 Å². The van der Waals surface area contributed by atoms with Crippen LogP contribution in [0.5, 0.6) is 0 Å². The monoisotopic (exact) mass is 303 g/mol. The number of rotatable bonds is 2. The quantitative estimate of drug-likeness (QED) is 0.668. The number of fused-ring (bicyclic) bond motifs is 1. The van der Waals surface area contributed by atoms with Gasteiger partial charge in [0.2, 0.25) is 0 Å². The minimum atomic E-state index is -0.291. The maximum atomic E-state index is 12.9. The van der Waals surface area contributed by atoms with E-state index in [1.807, 2.05) is 18.2 Å². The fraction of sp³-hybridized carbons (Fsp3) is 0.0667. The maximum absolute atomic E-state index is 12.9. The normalized spacial score (nSPS) is 10.8. The molecule has 0 aliphatic heterocycles. The third-order valence-corrected chi connectivity index (χ3v) is 4.48. The zero-order valence-corrected chi connectivity index (χ0v) is 12.0. The molecule has 0 radical (unpaired) electrons. The molecule has 0 aliphatic carbocycles. The molecule has 0 fully saturated rings. The van der Waals surface area contributed by atoms with E-state index in [0.717, 1.165) is 10.3 Å². The second-order valence-electron chi connectivity index (χ2n) is 4.38. The Balaban J connectivity index is 2.14. The smallest absolute Gasteiger partial charge is 0.261 e. The molecule has 2 nitrogen and oxygen atoms in total. The van der Waals surface area contributed by atoms with Gasteiger partial charge in [0, 0.05) is 4.70 Å². The van der Waals surface area contributed by atoms with Gasteiger partial charge in [0.05, 0.1) is 11.9 Å². The van der Waals surface area contributed by atoms with Crippen molar-refractivity contribution in [1.82, 2.24) is 4.57 Å². The summed E-state index contributed by atoms with van der Waals surface area (Å²) in [5.41, 5.74) is 0.746. The van der Waals surface area contributed by atoms with Crippen LogP contribution in [0, 0.1) is 9.77 Å². The van der Waals surface area contributed by atoms with Gasteiger partial charge in [-0.25, -0.2) is 4.39 Å². The van der Waals surface area contributed by atoms with Crippen LogP contribution in [0.4, 0.5) is 4.39 Å². The number of benzene rings is 2. The number of halogens is 1. The van der Waals surface area contributed by atoms with Crippen molar-refractivity contribution < 1.29 is 4.39 Å². The van der Waals surface area contributed by atoms with Gasteiger partial charge in [0.1, 0.15) is 5.82 Å². The first-order chi connectivity index (χ1) is 9.65. The van der Waals surface area contributed by atoms with Crippen LogP contribution in [0.25, 0.3) is 10.1 Å². The lowest BCUT2D eigenvalue weighted by Crippen LogP contribution is -2.20. The number of aromatic nitrogens is 1.